The van der Waals surface area contributed by atoms with E-state index < -0.39 is 36.2 Å². The number of nitrogens with zero attached hydrogens (tertiary/aromatic N) is 2. The second kappa shape index (κ2) is 5.77. The van der Waals surface area contributed by atoms with Gasteiger partial charge in [-0.1, -0.05) is 0 Å². The Bertz CT molecular complexity index is 559. The Hall–Kier alpha value is -2.02. The summed E-state index contributed by atoms with van der Waals surface area (Å²) in [5, 5.41) is 9.35. The van der Waals surface area contributed by atoms with E-state index in [1.165, 1.54) is 11.9 Å². The molecule has 114 valence electrons. The van der Waals surface area contributed by atoms with Gasteiger partial charge >= 0.3 is 0 Å². The van der Waals surface area contributed by atoms with Gasteiger partial charge in [-0.2, -0.15) is 0 Å². The topological polar surface area (TPSA) is 60.9 Å². The largest absolute Gasteiger partial charge is 0.394 e. The van der Waals surface area contributed by atoms with Crippen molar-refractivity contribution >= 4 is 11.8 Å². The molecule has 0 spiro atoms. The van der Waals surface area contributed by atoms with Crippen LogP contribution in [0, 0.1) is 11.6 Å². The summed E-state index contributed by atoms with van der Waals surface area (Å²) in [6.07, 6.45) is 0. The molecule has 0 bridgehead atoms. The van der Waals surface area contributed by atoms with E-state index in [4.69, 9.17) is 0 Å². The van der Waals surface area contributed by atoms with Crippen LogP contribution in [0.2, 0.25) is 0 Å². The van der Waals surface area contributed by atoms with Gasteiger partial charge in [0.25, 0.3) is 0 Å². The molecule has 21 heavy (non-hydrogen) atoms. The van der Waals surface area contributed by atoms with Crippen LogP contribution in [0.25, 0.3) is 0 Å². The van der Waals surface area contributed by atoms with Crippen LogP contribution in [-0.4, -0.2) is 52.5 Å². The van der Waals surface area contributed by atoms with Crippen LogP contribution >= 0.6 is 0 Å². The molecule has 1 heterocycles. The SMILES string of the molecule is C[C@H]1C(=O)N(Cc2cc(F)cc(F)c2)[C@@H](CO)C(=O)N1C. The Morgan fingerprint density at radius 2 is 1.71 bits per heavy atom. The molecule has 1 aliphatic heterocycles. The minimum atomic E-state index is -1.04. The monoisotopic (exact) mass is 298 g/mol. The molecule has 5 nitrogen and oxygen atoms in total. The van der Waals surface area contributed by atoms with Gasteiger partial charge in [-0.3, -0.25) is 9.59 Å². The number of rotatable bonds is 3. The first kappa shape index (κ1) is 15.4. The average molecular weight is 298 g/mol. The first-order chi connectivity index (χ1) is 9.85. The average Bonchev–Trinajstić information content (AvgIpc) is 2.42. The predicted molar refractivity (Wildman–Crippen MR) is 70.0 cm³/mol. The van der Waals surface area contributed by atoms with Crippen molar-refractivity contribution in [3.63, 3.8) is 0 Å². The summed E-state index contributed by atoms with van der Waals surface area (Å²) in [4.78, 5) is 26.7. The summed E-state index contributed by atoms with van der Waals surface area (Å²) in [6, 6.07) is 1.20. The van der Waals surface area contributed by atoms with Crippen LogP contribution in [0.15, 0.2) is 18.2 Å². The molecule has 0 saturated carbocycles. The Morgan fingerprint density at radius 1 is 1.14 bits per heavy atom. The van der Waals surface area contributed by atoms with Crippen LogP contribution in [0.3, 0.4) is 0 Å². The maximum atomic E-state index is 13.2. The van der Waals surface area contributed by atoms with E-state index in [0.717, 1.165) is 23.1 Å². The number of likely N-dealkylation sites (N-methyl/N-ethyl adjacent to an activating group) is 1. The molecule has 1 N–H and O–H groups in total. The molecule has 0 aliphatic carbocycles. The van der Waals surface area contributed by atoms with Crippen molar-refractivity contribution in [1.29, 1.82) is 0 Å². The Balaban J connectivity index is 2.31. The fraction of sp³-hybridized carbons (Fsp3) is 0.429. The van der Waals surface area contributed by atoms with Gasteiger partial charge in [0, 0.05) is 19.7 Å². The molecule has 0 aromatic heterocycles. The lowest BCUT2D eigenvalue weighted by molar-refractivity contribution is -0.161. The van der Waals surface area contributed by atoms with Gasteiger partial charge in [0.15, 0.2) is 0 Å². The quantitative estimate of drug-likeness (QED) is 0.885. The van der Waals surface area contributed by atoms with Crippen molar-refractivity contribution in [2.45, 2.75) is 25.6 Å². The van der Waals surface area contributed by atoms with E-state index in [1.54, 1.807) is 6.92 Å². The number of hydrogen-bond donors (Lipinski definition) is 1. The molecule has 2 atom stereocenters. The zero-order valence-electron chi connectivity index (χ0n) is 11.7. The van der Waals surface area contributed by atoms with E-state index in [0.29, 0.717) is 0 Å². The summed E-state index contributed by atoms with van der Waals surface area (Å²) in [5.74, 6) is -2.29. The molecular weight excluding hydrogens is 282 g/mol. The predicted octanol–water partition coefficient (Wildman–Crippen LogP) is 0.515. The Labute approximate surface area is 120 Å². The third-order valence-corrected chi connectivity index (χ3v) is 3.68. The first-order valence-corrected chi connectivity index (χ1v) is 6.48. The lowest BCUT2D eigenvalue weighted by atomic mass is 10.0. The van der Waals surface area contributed by atoms with E-state index >= 15 is 0 Å². The normalized spacial score (nSPS) is 22.9. The maximum Gasteiger partial charge on any atom is 0.248 e. The third-order valence-electron chi connectivity index (χ3n) is 3.68. The molecule has 1 aromatic rings. The van der Waals surface area contributed by atoms with Crippen LogP contribution in [-0.2, 0) is 16.1 Å². The number of hydrogen-bond acceptors (Lipinski definition) is 3. The fourth-order valence-corrected chi connectivity index (χ4v) is 2.38. The van der Waals surface area contributed by atoms with Crippen molar-refractivity contribution in [1.82, 2.24) is 9.80 Å². The Morgan fingerprint density at radius 3 is 2.24 bits per heavy atom. The lowest BCUT2D eigenvalue weighted by Crippen LogP contribution is -2.63. The summed E-state index contributed by atoms with van der Waals surface area (Å²) >= 11 is 0. The highest BCUT2D eigenvalue weighted by Gasteiger charge is 2.41. The van der Waals surface area contributed by atoms with Gasteiger partial charge in [-0.05, 0) is 24.6 Å². The molecule has 0 unspecified atom stereocenters. The number of piperazine rings is 1. The van der Waals surface area contributed by atoms with E-state index in [1.807, 2.05) is 0 Å². The number of halogens is 2. The van der Waals surface area contributed by atoms with Crippen molar-refractivity contribution in [3.05, 3.63) is 35.4 Å². The van der Waals surface area contributed by atoms with Crippen molar-refractivity contribution in [2.24, 2.45) is 0 Å². The van der Waals surface area contributed by atoms with Crippen LogP contribution < -0.4 is 0 Å². The lowest BCUT2D eigenvalue weighted by Gasteiger charge is -2.41. The van der Waals surface area contributed by atoms with E-state index in [9.17, 15) is 23.5 Å². The number of aliphatic hydroxyl groups excluding tert-OH is 1. The van der Waals surface area contributed by atoms with Crippen molar-refractivity contribution in [2.75, 3.05) is 13.7 Å². The molecule has 1 fully saturated rings. The minimum absolute atomic E-state index is 0.136. The smallest absolute Gasteiger partial charge is 0.248 e. The molecular formula is C14H16F2N2O3. The number of carbonyl (C=O) groups excluding carboxylic acids is 2. The Kier molecular flexibility index (Phi) is 4.22. The molecule has 2 rings (SSSR count). The highest BCUT2D eigenvalue weighted by atomic mass is 19.1. The van der Waals surface area contributed by atoms with E-state index in [-0.39, 0.29) is 18.0 Å². The first-order valence-electron chi connectivity index (χ1n) is 6.48. The second-order valence-corrected chi connectivity index (χ2v) is 5.07. The van der Waals surface area contributed by atoms with Crippen molar-refractivity contribution in [3.8, 4) is 0 Å². The number of carbonyl (C=O) groups is 2. The zero-order valence-corrected chi connectivity index (χ0v) is 11.7. The maximum absolute atomic E-state index is 13.2. The molecule has 1 saturated heterocycles. The zero-order chi connectivity index (χ0) is 15.7. The standard InChI is InChI=1S/C14H16F2N2O3/c1-8-13(20)18(12(7-19)14(21)17(8)2)6-9-3-10(15)5-11(16)4-9/h3-5,8,12,19H,6-7H2,1-2H3/t8-,12-/m0/s1. The molecule has 1 aliphatic rings. The number of amides is 2. The molecule has 2 amide bonds. The van der Waals surface area contributed by atoms with Crippen molar-refractivity contribution < 1.29 is 23.5 Å². The van der Waals surface area contributed by atoms with Crippen LogP contribution in [0.4, 0.5) is 8.78 Å². The summed E-state index contributed by atoms with van der Waals surface area (Å²) in [6.45, 7) is 0.884. The summed E-state index contributed by atoms with van der Waals surface area (Å²) < 4.78 is 26.4. The van der Waals surface area contributed by atoms with Gasteiger partial charge in [-0.15, -0.1) is 0 Å². The van der Waals surface area contributed by atoms with Gasteiger partial charge in [0.2, 0.25) is 11.8 Å². The second-order valence-electron chi connectivity index (χ2n) is 5.07. The van der Waals surface area contributed by atoms with Gasteiger partial charge in [0.1, 0.15) is 23.7 Å². The van der Waals surface area contributed by atoms with Crippen LogP contribution in [0.1, 0.15) is 12.5 Å². The summed E-state index contributed by atoms with van der Waals surface area (Å²) in [7, 11) is 1.48. The highest BCUT2D eigenvalue weighted by Crippen LogP contribution is 2.20. The minimum Gasteiger partial charge on any atom is -0.394 e. The molecule has 1 aromatic carbocycles. The summed E-state index contributed by atoms with van der Waals surface area (Å²) in [5.41, 5.74) is 0.226. The van der Waals surface area contributed by atoms with E-state index in [2.05, 4.69) is 0 Å². The number of aliphatic hydroxyl groups is 1. The third kappa shape index (κ3) is 2.87. The molecule has 0 radical (unpaired) electrons. The van der Waals surface area contributed by atoms with Crippen LogP contribution in [0.5, 0.6) is 0 Å². The van der Waals surface area contributed by atoms with Gasteiger partial charge < -0.3 is 14.9 Å². The number of benzene rings is 1. The fourth-order valence-electron chi connectivity index (χ4n) is 2.38. The van der Waals surface area contributed by atoms with Gasteiger partial charge in [0.05, 0.1) is 6.61 Å². The molecule has 7 heteroatoms. The van der Waals surface area contributed by atoms with Gasteiger partial charge in [-0.25, -0.2) is 8.78 Å². The highest BCUT2D eigenvalue weighted by molar-refractivity contribution is 5.96.